The van der Waals surface area contributed by atoms with Crippen LogP contribution in [-0.4, -0.2) is 53.7 Å². The second kappa shape index (κ2) is 5.88. The highest BCUT2D eigenvalue weighted by Gasteiger charge is 2.18. The van der Waals surface area contributed by atoms with Gasteiger partial charge in [-0.1, -0.05) is 16.8 Å². The van der Waals surface area contributed by atoms with Crippen molar-refractivity contribution in [1.82, 2.24) is 9.88 Å². The topological polar surface area (TPSA) is 78.0 Å². The Balaban J connectivity index is 1.88. The molecule has 0 amide bonds. The van der Waals surface area contributed by atoms with Crippen molar-refractivity contribution in [1.29, 1.82) is 0 Å². The molecule has 1 aliphatic heterocycles. The molecule has 0 aliphatic carbocycles. The first-order valence-corrected chi connectivity index (χ1v) is 6.12. The largest absolute Gasteiger partial charge is 0.409 e. The minimum Gasteiger partial charge on any atom is -0.409 e. The van der Waals surface area contributed by atoms with E-state index in [0.717, 1.165) is 32.0 Å². The number of nitrogens with two attached hydrogens (primary N) is 1. The predicted molar refractivity (Wildman–Crippen MR) is 71.3 cm³/mol. The maximum absolute atomic E-state index is 8.52. The van der Waals surface area contributed by atoms with Crippen LogP contribution < -0.4 is 10.6 Å². The van der Waals surface area contributed by atoms with Crippen LogP contribution in [-0.2, 0) is 0 Å². The van der Waals surface area contributed by atoms with E-state index in [1.807, 2.05) is 12.1 Å². The minimum atomic E-state index is 0.244. The number of hydrogen-bond donors (Lipinski definition) is 2. The summed E-state index contributed by atoms with van der Waals surface area (Å²) in [5.74, 6) is 1.18. The normalized spacial score (nSPS) is 18.1. The summed E-state index contributed by atoms with van der Waals surface area (Å²) in [5, 5.41) is 12.1. The Labute approximate surface area is 111 Å². The second-order valence-corrected chi connectivity index (χ2v) is 4.63. The summed E-state index contributed by atoms with van der Waals surface area (Å²) in [5.41, 5.74) is 5.48. The van der Waals surface area contributed by atoms with E-state index in [-0.39, 0.29) is 5.84 Å². The number of anilines is 1. The zero-order chi connectivity index (χ0) is 13.0. The van der Waals surface area contributed by atoms with E-state index in [0.29, 0.717) is 11.6 Å². The zero-order valence-corrected chi connectivity index (χ0v) is 10.7. The fraction of sp³-hybridized carbons (Fsp3) is 0.455. The van der Waals surface area contributed by atoms with Crippen molar-refractivity contribution in [2.75, 3.05) is 37.6 Å². The Hall–Kier alpha value is -1.53. The highest BCUT2D eigenvalue weighted by molar-refractivity contribution is 6.30. The Bertz CT molecular complexity index is 414. The summed E-state index contributed by atoms with van der Waals surface area (Å²) in [6.07, 6.45) is 1.65. The van der Waals surface area contributed by atoms with Gasteiger partial charge in [0.1, 0.15) is 5.82 Å². The van der Waals surface area contributed by atoms with E-state index in [1.165, 1.54) is 0 Å². The molecule has 1 aromatic heterocycles. The quantitative estimate of drug-likeness (QED) is 0.364. The molecule has 1 saturated heterocycles. The first-order chi connectivity index (χ1) is 8.69. The van der Waals surface area contributed by atoms with Crippen LogP contribution in [0.25, 0.3) is 0 Å². The van der Waals surface area contributed by atoms with Crippen molar-refractivity contribution < 1.29 is 5.21 Å². The van der Waals surface area contributed by atoms with E-state index >= 15 is 0 Å². The molecule has 6 nitrogen and oxygen atoms in total. The molecule has 0 atom stereocenters. The lowest BCUT2D eigenvalue weighted by molar-refractivity contribution is 0.278. The maximum atomic E-state index is 8.52. The standard InChI is InChI=1S/C11H16ClN5O/c12-9-1-2-11(14-7-9)17-5-3-16(4-6-17)8-10(13)15-18/h1-2,7,18H,3-6,8H2,(H2,13,15). The molecule has 0 bridgehead atoms. The summed E-state index contributed by atoms with van der Waals surface area (Å²) < 4.78 is 0. The number of oxime groups is 1. The van der Waals surface area contributed by atoms with Crippen LogP contribution in [0.5, 0.6) is 0 Å². The molecule has 0 radical (unpaired) electrons. The molecule has 2 heterocycles. The van der Waals surface area contributed by atoms with E-state index in [9.17, 15) is 0 Å². The Morgan fingerprint density at radius 1 is 1.39 bits per heavy atom. The number of pyridine rings is 1. The Kier molecular flexibility index (Phi) is 4.22. The third-order valence-corrected chi connectivity index (χ3v) is 3.15. The molecule has 7 heteroatoms. The number of rotatable bonds is 3. The van der Waals surface area contributed by atoms with Gasteiger partial charge in [-0.25, -0.2) is 4.98 Å². The second-order valence-electron chi connectivity index (χ2n) is 4.19. The van der Waals surface area contributed by atoms with Gasteiger partial charge in [-0.05, 0) is 12.1 Å². The van der Waals surface area contributed by atoms with Crippen LogP contribution in [0.15, 0.2) is 23.5 Å². The van der Waals surface area contributed by atoms with Crippen molar-refractivity contribution in [3.05, 3.63) is 23.4 Å². The minimum absolute atomic E-state index is 0.244. The third-order valence-electron chi connectivity index (χ3n) is 2.92. The van der Waals surface area contributed by atoms with Gasteiger partial charge in [-0.2, -0.15) is 0 Å². The van der Waals surface area contributed by atoms with Crippen LogP contribution in [0.3, 0.4) is 0 Å². The van der Waals surface area contributed by atoms with Crippen molar-refractivity contribution in [3.63, 3.8) is 0 Å². The molecular weight excluding hydrogens is 254 g/mol. The summed E-state index contributed by atoms with van der Waals surface area (Å²) in [7, 11) is 0. The number of halogens is 1. The smallest absolute Gasteiger partial charge is 0.153 e. The lowest BCUT2D eigenvalue weighted by Crippen LogP contribution is -2.49. The highest BCUT2D eigenvalue weighted by Crippen LogP contribution is 2.15. The lowest BCUT2D eigenvalue weighted by Gasteiger charge is -2.35. The Morgan fingerprint density at radius 3 is 2.67 bits per heavy atom. The third kappa shape index (κ3) is 3.24. The number of amidine groups is 1. The van der Waals surface area contributed by atoms with Gasteiger partial charge >= 0.3 is 0 Å². The molecule has 1 fully saturated rings. The predicted octanol–water partition coefficient (Wildman–Crippen LogP) is 0.603. The fourth-order valence-corrected chi connectivity index (χ4v) is 2.06. The van der Waals surface area contributed by atoms with Gasteiger partial charge in [0.25, 0.3) is 0 Å². The van der Waals surface area contributed by atoms with Gasteiger partial charge in [0.2, 0.25) is 0 Å². The van der Waals surface area contributed by atoms with Crippen LogP contribution in [0, 0.1) is 0 Å². The highest BCUT2D eigenvalue weighted by atomic mass is 35.5. The zero-order valence-electron chi connectivity index (χ0n) is 9.96. The lowest BCUT2D eigenvalue weighted by atomic mass is 10.3. The number of aromatic nitrogens is 1. The maximum Gasteiger partial charge on any atom is 0.153 e. The molecule has 1 aliphatic rings. The Morgan fingerprint density at radius 2 is 2.11 bits per heavy atom. The molecule has 1 aromatic rings. The SMILES string of the molecule is NC(CN1CCN(c2ccc(Cl)cn2)CC1)=NO. The van der Waals surface area contributed by atoms with Crippen LogP contribution in [0.4, 0.5) is 5.82 Å². The van der Waals surface area contributed by atoms with Crippen molar-refractivity contribution in [2.24, 2.45) is 10.9 Å². The van der Waals surface area contributed by atoms with E-state index in [4.69, 9.17) is 22.5 Å². The number of piperazine rings is 1. The average Bonchev–Trinajstić information content (AvgIpc) is 2.40. The van der Waals surface area contributed by atoms with Gasteiger partial charge in [0.05, 0.1) is 11.6 Å². The van der Waals surface area contributed by atoms with Gasteiger partial charge in [0, 0.05) is 32.4 Å². The number of nitrogens with zero attached hydrogens (tertiary/aromatic N) is 4. The van der Waals surface area contributed by atoms with E-state index < -0.39 is 0 Å². The van der Waals surface area contributed by atoms with Crippen molar-refractivity contribution in [3.8, 4) is 0 Å². The van der Waals surface area contributed by atoms with Gasteiger partial charge in [-0.3, -0.25) is 4.90 Å². The molecule has 0 spiro atoms. The molecule has 98 valence electrons. The molecular formula is C11H16ClN5O. The van der Waals surface area contributed by atoms with Crippen molar-refractivity contribution in [2.45, 2.75) is 0 Å². The monoisotopic (exact) mass is 269 g/mol. The fourth-order valence-electron chi connectivity index (χ4n) is 1.95. The molecule has 0 unspecified atom stereocenters. The average molecular weight is 270 g/mol. The van der Waals surface area contributed by atoms with Crippen LogP contribution >= 0.6 is 11.6 Å². The van der Waals surface area contributed by atoms with Gasteiger partial charge < -0.3 is 15.8 Å². The molecule has 0 aromatic carbocycles. The first kappa shape index (κ1) is 12.9. The summed E-state index contributed by atoms with van der Waals surface area (Å²) in [6.45, 7) is 3.96. The number of hydrogen-bond acceptors (Lipinski definition) is 5. The van der Waals surface area contributed by atoms with Crippen LogP contribution in [0.2, 0.25) is 5.02 Å². The first-order valence-electron chi connectivity index (χ1n) is 5.74. The van der Waals surface area contributed by atoms with Gasteiger partial charge in [0.15, 0.2) is 5.84 Å². The van der Waals surface area contributed by atoms with Crippen LogP contribution in [0.1, 0.15) is 0 Å². The van der Waals surface area contributed by atoms with E-state index in [2.05, 4.69) is 19.9 Å². The summed E-state index contributed by atoms with van der Waals surface area (Å²) in [6, 6.07) is 3.76. The summed E-state index contributed by atoms with van der Waals surface area (Å²) >= 11 is 5.81. The molecule has 3 N–H and O–H groups in total. The summed E-state index contributed by atoms with van der Waals surface area (Å²) in [4.78, 5) is 8.63. The van der Waals surface area contributed by atoms with E-state index in [1.54, 1.807) is 6.20 Å². The molecule has 2 rings (SSSR count). The van der Waals surface area contributed by atoms with Crippen molar-refractivity contribution >= 4 is 23.3 Å². The molecule has 18 heavy (non-hydrogen) atoms. The van der Waals surface area contributed by atoms with Gasteiger partial charge in [-0.15, -0.1) is 0 Å². The molecule has 0 saturated carbocycles.